The molecule has 0 unspecified atom stereocenters. The fourth-order valence-electron chi connectivity index (χ4n) is 2.46. The van der Waals surface area contributed by atoms with Crippen LogP contribution < -0.4 is 5.32 Å². The third kappa shape index (κ3) is 4.44. The predicted molar refractivity (Wildman–Crippen MR) is 98.6 cm³/mol. The normalized spacial score (nSPS) is 15.7. The second-order valence-electron chi connectivity index (χ2n) is 5.70. The van der Waals surface area contributed by atoms with Crippen molar-refractivity contribution >= 4 is 33.4 Å². The number of rotatable bonds is 6. The number of thioether (sulfide) groups is 1. The highest BCUT2D eigenvalue weighted by Crippen LogP contribution is 2.20. The maximum Gasteiger partial charge on any atom is 0.243 e. The summed E-state index contributed by atoms with van der Waals surface area (Å²) in [6, 6.07) is 6.20. The molecule has 26 heavy (non-hydrogen) atoms. The first-order chi connectivity index (χ1) is 12.5. The number of imidazole rings is 1. The molecule has 0 spiro atoms. The zero-order valence-electron chi connectivity index (χ0n) is 14.3. The SMILES string of the molecule is Cn1ccnc1SCC(=O)Nc1ccc(S(=O)(=O)N2CCOCC2)cc1. The highest BCUT2D eigenvalue weighted by molar-refractivity contribution is 7.99. The quantitative estimate of drug-likeness (QED) is 0.737. The van der Waals surface area contributed by atoms with Gasteiger partial charge in [0.05, 0.1) is 23.9 Å². The number of carbonyl (C=O) groups is 1. The number of sulfonamides is 1. The number of hydrogen-bond donors (Lipinski definition) is 1. The van der Waals surface area contributed by atoms with Crippen molar-refractivity contribution in [3.05, 3.63) is 36.7 Å². The molecule has 10 heteroatoms. The van der Waals surface area contributed by atoms with E-state index in [9.17, 15) is 13.2 Å². The Morgan fingerprint density at radius 2 is 1.96 bits per heavy atom. The first kappa shape index (κ1) is 18.9. The third-order valence-electron chi connectivity index (χ3n) is 3.86. The smallest absolute Gasteiger partial charge is 0.243 e. The molecule has 3 rings (SSSR count). The van der Waals surface area contributed by atoms with Crippen molar-refractivity contribution < 1.29 is 17.9 Å². The number of benzene rings is 1. The highest BCUT2D eigenvalue weighted by Gasteiger charge is 2.26. The number of nitrogens with zero attached hydrogens (tertiary/aromatic N) is 3. The van der Waals surface area contributed by atoms with Crippen LogP contribution in [0.2, 0.25) is 0 Å². The molecule has 2 aromatic rings. The van der Waals surface area contributed by atoms with Gasteiger partial charge in [-0.1, -0.05) is 11.8 Å². The first-order valence-electron chi connectivity index (χ1n) is 8.05. The summed E-state index contributed by atoms with van der Waals surface area (Å²) in [6.45, 7) is 1.51. The molecule has 1 N–H and O–H groups in total. The molecule has 1 saturated heterocycles. The molecule has 1 aromatic heterocycles. The van der Waals surface area contributed by atoms with Crippen LogP contribution in [0.5, 0.6) is 0 Å². The van der Waals surface area contributed by atoms with Gasteiger partial charge >= 0.3 is 0 Å². The molecule has 1 amide bonds. The summed E-state index contributed by atoms with van der Waals surface area (Å²) in [5.74, 6) is 0.0420. The standard InChI is InChI=1S/C16H20N4O4S2/c1-19-7-6-17-16(19)25-12-15(21)18-13-2-4-14(5-3-13)26(22,23)20-8-10-24-11-9-20/h2-7H,8-12H2,1H3,(H,18,21). The van der Waals surface area contributed by atoms with E-state index in [0.717, 1.165) is 5.16 Å². The lowest BCUT2D eigenvalue weighted by atomic mass is 10.3. The molecule has 1 fully saturated rings. The minimum Gasteiger partial charge on any atom is -0.379 e. The Balaban J connectivity index is 1.58. The molecule has 0 saturated carbocycles. The van der Waals surface area contributed by atoms with Gasteiger partial charge in [-0.3, -0.25) is 4.79 Å². The van der Waals surface area contributed by atoms with Crippen LogP contribution in [0.4, 0.5) is 5.69 Å². The van der Waals surface area contributed by atoms with Gasteiger partial charge in [0, 0.05) is 38.2 Å². The van der Waals surface area contributed by atoms with E-state index in [-0.39, 0.29) is 16.6 Å². The lowest BCUT2D eigenvalue weighted by Gasteiger charge is -2.26. The molecule has 1 aromatic carbocycles. The maximum atomic E-state index is 12.6. The number of hydrogen-bond acceptors (Lipinski definition) is 6. The zero-order chi connectivity index (χ0) is 18.6. The number of morpholine rings is 1. The van der Waals surface area contributed by atoms with Crippen molar-refractivity contribution in [2.75, 3.05) is 37.4 Å². The number of ether oxygens (including phenoxy) is 1. The lowest BCUT2D eigenvalue weighted by molar-refractivity contribution is -0.113. The van der Waals surface area contributed by atoms with E-state index in [4.69, 9.17) is 4.74 Å². The number of nitrogens with one attached hydrogen (secondary N) is 1. The maximum absolute atomic E-state index is 12.6. The summed E-state index contributed by atoms with van der Waals surface area (Å²) in [7, 11) is -1.66. The van der Waals surface area contributed by atoms with Crippen molar-refractivity contribution in [2.24, 2.45) is 7.05 Å². The average Bonchev–Trinajstić information content (AvgIpc) is 3.06. The summed E-state index contributed by atoms with van der Waals surface area (Å²) >= 11 is 1.33. The molecule has 0 aliphatic carbocycles. The van der Waals surface area contributed by atoms with Gasteiger partial charge in [0.1, 0.15) is 0 Å². The Hall–Kier alpha value is -1.88. The lowest BCUT2D eigenvalue weighted by Crippen LogP contribution is -2.40. The Labute approximate surface area is 156 Å². The Kier molecular flexibility index (Phi) is 5.97. The largest absolute Gasteiger partial charge is 0.379 e. The van der Waals surface area contributed by atoms with Crippen molar-refractivity contribution in [2.45, 2.75) is 10.1 Å². The van der Waals surface area contributed by atoms with Gasteiger partial charge in [0.2, 0.25) is 15.9 Å². The molecule has 0 atom stereocenters. The molecule has 1 aliphatic heterocycles. The van der Waals surface area contributed by atoms with Crippen molar-refractivity contribution in [1.29, 1.82) is 0 Å². The fraction of sp³-hybridized carbons (Fsp3) is 0.375. The number of aryl methyl sites for hydroxylation is 1. The van der Waals surface area contributed by atoms with E-state index in [1.54, 1.807) is 18.3 Å². The van der Waals surface area contributed by atoms with Crippen LogP contribution in [0.15, 0.2) is 46.7 Å². The summed E-state index contributed by atoms with van der Waals surface area (Å²) < 4.78 is 33.5. The molecule has 2 heterocycles. The molecular weight excluding hydrogens is 376 g/mol. The average molecular weight is 396 g/mol. The van der Waals surface area contributed by atoms with E-state index in [1.165, 1.54) is 28.2 Å². The molecule has 140 valence electrons. The second-order valence-corrected chi connectivity index (χ2v) is 8.58. The van der Waals surface area contributed by atoms with Crippen LogP contribution in [0, 0.1) is 0 Å². The minimum atomic E-state index is -3.53. The molecule has 0 radical (unpaired) electrons. The molecular formula is C16H20N4O4S2. The fourth-order valence-corrected chi connectivity index (χ4v) is 4.60. The van der Waals surface area contributed by atoms with E-state index >= 15 is 0 Å². The summed E-state index contributed by atoms with van der Waals surface area (Å²) in [6.07, 6.45) is 3.49. The summed E-state index contributed by atoms with van der Waals surface area (Å²) in [5.41, 5.74) is 0.552. The van der Waals surface area contributed by atoms with Gasteiger partial charge in [0.25, 0.3) is 0 Å². The summed E-state index contributed by atoms with van der Waals surface area (Å²) in [5, 5.41) is 3.51. The van der Waals surface area contributed by atoms with Gasteiger partial charge in [-0.25, -0.2) is 13.4 Å². The first-order valence-corrected chi connectivity index (χ1v) is 10.5. The van der Waals surface area contributed by atoms with Crippen LogP contribution in [-0.2, 0) is 26.6 Å². The number of aromatic nitrogens is 2. The number of anilines is 1. The second kappa shape index (κ2) is 8.21. The van der Waals surface area contributed by atoms with Gasteiger partial charge in [-0.15, -0.1) is 0 Å². The molecule has 0 bridgehead atoms. The van der Waals surface area contributed by atoms with Crippen molar-refractivity contribution in [3.63, 3.8) is 0 Å². The zero-order valence-corrected chi connectivity index (χ0v) is 15.9. The molecule has 8 nitrogen and oxygen atoms in total. The van der Waals surface area contributed by atoms with Gasteiger partial charge in [-0.2, -0.15) is 4.31 Å². The van der Waals surface area contributed by atoms with Crippen LogP contribution in [0.3, 0.4) is 0 Å². The Morgan fingerprint density at radius 3 is 2.58 bits per heavy atom. The van der Waals surface area contributed by atoms with Crippen molar-refractivity contribution in [3.8, 4) is 0 Å². The summed E-state index contributed by atoms with van der Waals surface area (Å²) in [4.78, 5) is 16.4. The van der Waals surface area contributed by atoms with E-state index in [0.29, 0.717) is 32.0 Å². The monoisotopic (exact) mass is 396 g/mol. The highest BCUT2D eigenvalue weighted by atomic mass is 32.2. The predicted octanol–water partition coefficient (Wildman–Crippen LogP) is 1.17. The van der Waals surface area contributed by atoms with Crippen molar-refractivity contribution in [1.82, 2.24) is 13.9 Å². The van der Waals surface area contributed by atoms with Gasteiger partial charge < -0.3 is 14.6 Å². The van der Waals surface area contributed by atoms with Gasteiger partial charge in [0.15, 0.2) is 5.16 Å². The Bertz CT molecular complexity index is 859. The molecule has 1 aliphatic rings. The van der Waals surface area contributed by atoms with E-state index < -0.39 is 10.0 Å². The van der Waals surface area contributed by atoms with Crippen LogP contribution >= 0.6 is 11.8 Å². The topological polar surface area (TPSA) is 93.5 Å². The van der Waals surface area contributed by atoms with Crippen LogP contribution in [0.1, 0.15) is 0 Å². The Morgan fingerprint density at radius 1 is 1.27 bits per heavy atom. The van der Waals surface area contributed by atoms with Crippen LogP contribution in [0.25, 0.3) is 0 Å². The third-order valence-corrected chi connectivity index (χ3v) is 6.83. The number of amides is 1. The van der Waals surface area contributed by atoms with Gasteiger partial charge in [-0.05, 0) is 24.3 Å². The minimum absolute atomic E-state index is 0.179. The van der Waals surface area contributed by atoms with E-state index in [1.807, 2.05) is 17.8 Å². The van der Waals surface area contributed by atoms with E-state index in [2.05, 4.69) is 10.3 Å². The van der Waals surface area contributed by atoms with Crippen LogP contribution in [-0.4, -0.2) is 60.2 Å². The number of carbonyl (C=O) groups excluding carboxylic acids is 1.